The van der Waals surface area contributed by atoms with Crippen LogP contribution in [0, 0.1) is 0 Å². The molecule has 0 amide bonds. The summed E-state index contributed by atoms with van der Waals surface area (Å²) in [6.07, 6.45) is 6.22. The van der Waals surface area contributed by atoms with Crippen molar-refractivity contribution in [3.8, 4) is 5.75 Å². The summed E-state index contributed by atoms with van der Waals surface area (Å²) in [4.78, 5) is 4.36. The van der Waals surface area contributed by atoms with Crippen molar-refractivity contribution >= 4 is 21.2 Å². The molecule has 0 aliphatic rings. The van der Waals surface area contributed by atoms with Crippen molar-refractivity contribution in [1.82, 2.24) is 4.98 Å². The fraction of sp³-hybridized carbons (Fsp3) is 0.400. The molecule has 3 heteroatoms. The third-order valence-electron chi connectivity index (χ3n) is 3.36. The number of nitrogens with zero attached hydrogens (tertiary/aromatic N) is 1. The summed E-state index contributed by atoms with van der Waals surface area (Å²) >= 11 is 0. The van der Waals surface area contributed by atoms with Crippen LogP contribution in [-0.4, -0.2) is 22.2 Å². The smallest absolute Gasteiger partial charge is 0.137 e. The topological polar surface area (TPSA) is 22.1 Å². The van der Waals surface area contributed by atoms with Gasteiger partial charge in [-0.05, 0) is 51.5 Å². The zero-order chi connectivity index (χ0) is 13.4. The summed E-state index contributed by atoms with van der Waals surface area (Å²) in [7, 11) is -1.15. The Hall–Kier alpha value is -1.22. The monoisotopic (exact) mass is 263 g/mol. The van der Waals surface area contributed by atoms with E-state index in [0.29, 0.717) is 0 Å². The molecule has 0 radical (unpaired) electrons. The van der Waals surface area contributed by atoms with Crippen LogP contribution in [-0.2, 0) is 0 Å². The molecule has 0 saturated carbocycles. The third kappa shape index (κ3) is 2.61. The first kappa shape index (κ1) is 13.2. The Morgan fingerprint density at radius 2 is 1.83 bits per heavy atom. The summed E-state index contributed by atoms with van der Waals surface area (Å²) < 4.78 is 6.38. The molecule has 0 aliphatic carbocycles. The van der Waals surface area contributed by atoms with Gasteiger partial charge in [0.15, 0.2) is 0 Å². The van der Waals surface area contributed by atoms with E-state index < -0.39 is 10.3 Å². The largest absolute Gasteiger partial charge is 0.449 e. The van der Waals surface area contributed by atoms with Crippen molar-refractivity contribution in [3.63, 3.8) is 0 Å². The van der Waals surface area contributed by atoms with Gasteiger partial charge in [-0.2, -0.15) is 0 Å². The lowest BCUT2D eigenvalue weighted by Gasteiger charge is -2.43. The Balaban J connectivity index is 2.33. The molecule has 2 aromatic rings. The average Bonchev–Trinajstić information content (AvgIpc) is 2.27. The van der Waals surface area contributed by atoms with Crippen LogP contribution in [0.5, 0.6) is 5.75 Å². The molecule has 0 N–H and O–H groups in total. The van der Waals surface area contributed by atoms with Gasteiger partial charge in [0.05, 0.1) is 5.52 Å². The quantitative estimate of drug-likeness (QED) is 0.801. The molecule has 0 fully saturated rings. The third-order valence-corrected chi connectivity index (χ3v) is 6.92. The van der Waals surface area contributed by atoms with E-state index in [4.69, 9.17) is 4.18 Å². The minimum atomic E-state index is -1.15. The molecule has 1 aromatic carbocycles. The highest BCUT2D eigenvalue weighted by Crippen LogP contribution is 2.53. The maximum absolute atomic E-state index is 6.22. The fourth-order valence-electron chi connectivity index (χ4n) is 1.46. The van der Waals surface area contributed by atoms with Crippen molar-refractivity contribution in [2.45, 2.75) is 25.5 Å². The second-order valence-electron chi connectivity index (χ2n) is 5.79. The van der Waals surface area contributed by atoms with Gasteiger partial charge in [0, 0.05) is 22.4 Å². The molecule has 2 rings (SSSR count). The van der Waals surface area contributed by atoms with E-state index in [1.54, 1.807) is 0 Å². The van der Waals surface area contributed by atoms with Crippen LogP contribution in [0.15, 0.2) is 36.5 Å². The number of fused-ring (bicyclic) bond motifs is 1. The number of hydrogen-bond acceptors (Lipinski definition) is 2. The predicted octanol–water partition coefficient (Wildman–Crippen LogP) is 4.39. The van der Waals surface area contributed by atoms with Gasteiger partial charge in [0.2, 0.25) is 0 Å². The van der Waals surface area contributed by atoms with Gasteiger partial charge in [0.25, 0.3) is 0 Å². The van der Waals surface area contributed by atoms with E-state index in [9.17, 15) is 0 Å². The number of aromatic nitrogens is 1. The van der Waals surface area contributed by atoms with Gasteiger partial charge in [-0.1, -0.05) is 16.4 Å². The summed E-state index contributed by atoms with van der Waals surface area (Å²) in [5, 5.41) is 1.15. The average molecular weight is 263 g/mol. The van der Waals surface area contributed by atoms with Crippen LogP contribution in [0.4, 0.5) is 0 Å². The summed E-state index contributed by atoms with van der Waals surface area (Å²) in [5.41, 5.74) is 0.985. The SMILES string of the molecule is CC(C)(C)S(C)(C)Oc1ccc2cccnc2c1. The van der Waals surface area contributed by atoms with Gasteiger partial charge >= 0.3 is 0 Å². The molecule has 0 bridgehead atoms. The zero-order valence-corrected chi connectivity index (χ0v) is 12.5. The molecule has 2 nitrogen and oxygen atoms in total. The van der Waals surface area contributed by atoms with Crippen LogP contribution in [0.2, 0.25) is 0 Å². The lowest BCUT2D eigenvalue weighted by atomic mass is 10.2. The summed E-state index contributed by atoms with van der Waals surface area (Å²) in [5.74, 6) is 0.913. The second-order valence-corrected chi connectivity index (χ2v) is 9.64. The van der Waals surface area contributed by atoms with Crippen molar-refractivity contribution < 1.29 is 4.18 Å². The van der Waals surface area contributed by atoms with Gasteiger partial charge in [0.1, 0.15) is 5.75 Å². The van der Waals surface area contributed by atoms with Gasteiger partial charge in [-0.25, -0.2) is 0 Å². The van der Waals surface area contributed by atoms with Crippen molar-refractivity contribution in [2.75, 3.05) is 12.5 Å². The highest BCUT2D eigenvalue weighted by molar-refractivity contribution is 8.30. The standard InChI is InChI=1S/C15H21NOS/c1-15(2,3)18(4,5)17-13-9-8-12-7-6-10-16-14(12)11-13/h6-11H,1-5H3. The Labute approximate surface area is 111 Å². The van der Waals surface area contributed by atoms with Crippen LogP contribution in [0.1, 0.15) is 20.8 Å². The molecule has 18 heavy (non-hydrogen) atoms. The molecule has 0 unspecified atom stereocenters. The van der Waals surface area contributed by atoms with Gasteiger partial charge in [-0.3, -0.25) is 4.98 Å². The normalized spacial score (nSPS) is 13.6. The van der Waals surface area contributed by atoms with Crippen LogP contribution < -0.4 is 4.18 Å². The van der Waals surface area contributed by atoms with Gasteiger partial charge in [-0.15, -0.1) is 0 Å². The summed E-state index contributed by atoms with van der Waals surface area (Å²) in [6.45, 7) is 6.67. The van der Waals surface area contributed by atoms with E-state index >= 15 is 0 Å². The number of benzene rings is 1. The summed E-state index contributed by atoms with van der Waals surface area (Å²) in [6, 6.07) is 10.1. The maximum Gasteiger partial charge on any atom is 0.137 e. The Bertz CT molecular complexity index is 558. The van der Waals surface area contributed by atoms with E-state index in [0.717, 1.165) is 16.7 Å². The van der Waals surface area contributed by atoms with E-state index in [2.05, 4.69) is 50.4 Å². The van der Waals surface area contributed by atoms with Crippen molar-refractivity contribution in [3.05, 3.63) is 36.5 Å². The fourth-order valence-corrected chi connectivity index (χ4v) is 2.30. The first-order chi connectivity index (χ1) is 8.29. The molecule has 0 atom stereocenters. The first-order valence-corrected chi connectivity index (χ1v) is 8.44. The number of pyridine rings is 1. The van der Waals surface area contributed by atoms with Crippen LogP contribution >= 0.6 is 10.3 Å². The Morgan fingerprint density at radius 3 is 2.50 bits per heavy atom. The Morgan fingerprint density at radius 1 is 1.11 bits per heavy atom. The predicted molar refractivity (Wildman–Crippen MR) is 81.6 cm³/mol. The molecule has 1 heterocycles. The van der Waals surface area contributed by atoms with E-state index in [1.807, 2.05) is 24.4 Å². The molecule has 0 spiro atoms. The molecule has 0 saturated heterocycles. The molecule has 98 valence electrons. The van der Waals surface area contributed by atoms with Crippen LogP contribution in [0.25, 0.3) is 10.9 Å². The minimum absolute atomic E-state index is 0.159. The lowest BCUT2D eigenvalue weighted by Crippen LogP contribution is -2.27. The van der Waals surface area contributed by atoms with E-state index in [1.165, 1.54) is 0 Å². The highest BCUT2D eigenvalue weighted by Gasteiger charge is 2.29. The first-order valence-electron chi connectivity index (χ1n) is 6.07. The zero-order valence-electron chi connectivity index (χ0n) is 11.7. The van der Waals surface area contributed by atoms with Crippen LogP contribution in [0.3, 0.4) is 0 Å². The molecule has 0 aliphatic heterocycles. The maximum atomic E-state index is 6.22. The van der Waals surface area contributed by atoms with E-state index in [-0.39, 0.29) is 4.75 Å². The minimum Gasteiger partial charge on any atom is -0.449 e. The molecular weight excluding hydrogens is 242 g/mol. The number of rotatable bonds is 2. The highest BCUT2D eigenvalue weighted by atomic mass is 32.3. The van der Waals surface area contributed by atoms with Gasteiger partial charge < -0.3 is 4.18 Å². The Kier molecular flexibility index (Phi) is 3.28. The lowest BCUT2D eigenvalue weighted by molar-refractivity contribution is 0.587. The van der Waals surface area contributed by atoms with Crippen molar-refractivity contribution in [2.24, 2.45) is 0 Å². The molecule has 1 aromatic heterocycles. The van der Waals surface area contributed by atoms with Crippen molar-refractivity contribution in [1.29, 1.82) is 0 Å². The second kappa shape index (κ2) is 4.47. The molecular formula is C15H21NOS. The number of hydrogen-bond donors (Lipinski definition) is 0.